The van der Waals surface area contributed by atoms with Crippen LogP contribution in [0.1, 0.15) is 40.5 Å². The Morgan fingerprint density at radius 1 is 1.03 bits per heavy atom. The molecule has 1 aliphatic heterocycles. The fraction of sp³-hybridized carbons (Fsp3) is 0.409. The van der Waals surface area contributed by atoms with Crippen molar-refractivity contribution < 1.29 is 15.2 Å². The number of phenols is 1. The summed E-state index contributed by atoms with van der Waals surface area (Å²) in [5, 5.41) is 28.1. The molecular formula is C22H28N5O2+. The molecule has 7 nitrogen and oxygen atoms in total. The maximum absolute atomic E-state index is 10.5. The van der Waals surface area contributed by atoms with Crippen molar-refractivity contribution in [2.24, 2.45) is 0 Å². The number of rotatable bonds is 4. The van der Waals surface area contributed by atoms with Crippen molar-refractivity contribution in [2.45, 2.75) is 57.7 Å². The Morgan fingerprint density at radius 3 is 2.38 bits per heavy atom. The summed E-state index contributed by atoms with van der Waals surface area (Å²) in [6.07, 6.45) is 5.51. The van der Waals surface area contributed by atoms with Gasteiger partial charge in [-0.25, -0.2) is 0 Å². The number of hydrogen-bond acceptors (Lipinski definition) is 5. The smallest absolute Gasteiger partial charge is 0.233 e. The Kier molecular flexibility index (Phi) is 4.78. The van der Waals surface area contributed by atoms with Gasteiger partial charge in [0.25, 0.3) is 0 Å². The first kappa shape index (κ1) is 19.4. The van der Waals surface area contributed by atoms with Crippen LogP contribution in [-0.2, 0) is 0 Å². The number of aromatic nitrogens is 4. The number of nitrogens with one attached hydrogen (secondary N) is 1. The standard InChI is InChI=1S/C22H27N5O2/c1-21(2)10-16(11-22(3,4)27-21)29-20-8-7-18(25-26-20)17-6-5-14(9-19(17)28)15-12-23-24-13-15/h5-9,12-13,16,27-28H,10-11H2,1-4H3,(H,23,24)/p+1. The quantitative estimate of drug-likeness (QED) is 0.632. The molecule has 29 heavy (non-hydrogen) atoms. The molecule has 1 fully saturated rings. The van der Waals surface area contributed by atoms with Crippen molar-refractivity contribution in [2.75, 3.05) is 0 Å². The number of hydrogen-bond donors (Lipinski definition) is 3. The molecule has 0 saturated carbocycles. The summed E-state index contributed by atoms with van der Waals surface area (Å²) in [4.78, 5) is 0. The summed E-state index contributed by atoms with van der Waals surface area (Å²) < 4.78 is 6.15. The fourth-order valence-electron chi connectivity index (χ4n) is 4.54. The monoisotopic (exact) mass is 394 g/mol. The van der Waals surface area contributed by atoms with Gasteiger partial charge in [0.05, 0.1) is 23.0 Å². The van der Waals surface area contributed by atoms with E-state index < -0.39 is 0 Å². The normalized spacial score (nSPS) is 18.5. The summed E-state index contributed by atoms with van der Waals surface area (Å²) in [5.74, 6) is 0.666. The van der Waals surface area contributed by atoms with Gasteiger partial charge < -0.3 is 15.2 Å². The molecule has 2 aromatic heterocycles. The maximum atomic E-state index is 10.5. The molecule has 152 valence electrons. The van der Waals surface area contributed by atoms with Crippen LogP contribution >= 0.6 is 0 Å². The van der Waals surface area contributed by atoms with E-state index in [1.165, 1.54) is 0 Å². The molecule has 4 N–H and O–H groups in total. The summed E-state index contributed by atoms with van der Waals surface area (Å²) >= 11 is 0. The molecule has 0 atom stereocenters. The molecule has 0 unspecified atom stereocenters. The average Bonchev–Trinajstić information content (AvgIpc) is 3.14. The van der Waals surface area contributed by atoms with E-state index in [2.05, 4.69) is 53.4 Å². The van der Waals surface area contributed by atoms with Crippen LogP contribution in [0, 0.1) is 0 Å². The maximum Gasteiger partial charge on any atom is 0.233 e. The minimum atomic E-state index is 0.104. The van der Waals surface area contributed by atoms with Crippen LogP contribution in [0.4, 0.5) is 0 Å². The van der Waals surface area contributed by atoms with Crippen molar-refractivity contribution in [3.05, 3.63) is 42.7 Å². The van der Waals surface area contributed by atoms with Crippen LogP contribution in [0.15, 0.2) is 42.7 Å². The number of nitrogens with zero attached hydrogens (tertiary/aromatic N) is 3. The Morgan fingerprint density at radius 2 is 1.79 bits per heavy atom. The van der Waals surface area contributed by atoms with Gasteiger partial charge in [0.15, 0.2) is 0 Å². The highest BCUT2D eigenvalue weighted by atomic mass is 16.5. The Hall–Kier alpha value is -2.93. The van der Waals surface area contributed by atoms with Gasteiger partial charge in [0.1, 0.15) is 11.9 Å². The van der Waals surface area contributed by atoms with Gasteiger partial charge in [-0.05, 0) is 51.5 Å². The first-order valence-corrected chi connectivity index (χ1v) is 9.91. The largest absolute Gasteiger partial charge is 0.507 e. The van der Waals surface area contributed by atoms with Gasteiger partial charge in [-0.2, -0.15) is 5.10 Å². The predicted octanol–water partition coefficient (Wildman–Crippen LogP) is 2.90. The summed E-state index contributed by atoms with van der Waals surface area (Å²) in [7, 11) is 0. The molecule has 1 aliphatic rings. The lowest BCUT2D eigenvalue weighted by molar-refractivity contribution is -0.789. The van der Waals surface area contributed by atoms with E-state index in [4.69, 9.17) is 4.74 Å². The summed E-state index contributed by atoms with van der Waals surface area (Å²) in [6, 6.07) is 9.12. The number of phenolic OH excluding ortho intramolecular Hbond substituents is 1. The number of ether oxygens (including phenoxy) is 1. The highest BCUT2D eigenvalue weighted by molar-refractivity contribution is 5.73. The number of nitrogens with two attached hydrogens (primary N) is 1. The second kappa shape index (κ2) is 7.15. The topological polar surface area (TPSA) is 101 Å². The zero-order chi connectivity index (χ0) is 20.6. The molecule has 3 heterocycles. The third kappa shape index (κ3) is 4.40. The molecule has 0 aliphatic carbocycles. The lowest BCUT2D eigenvalue weighted by Crippen LogP contribution is -3.06. The summed E-state index contributed by atoms with van der Waals surface area (Å²) in [5.41, 5.74) is 3.28. The number of H-pyrrole nitrogens is 1. The van der Waals surface area contributed by atoms with E-state index in [1.54, 1.807) is 18.5 Å². The van der Waals surface area contributed by atoms with Crippen LogP contribution in [-0.4, -0.2) is 42.7 Å². The molecule has 0 radical (unpaired) electrons. The highest BCUT2D eigenvalue weighted by Crippen LogP contribution is 2.32. The zero-order valence-electron chi connectivity index (χ0n) is 17.3. The van der Waals surface area contributed by atoms with E-state index in [1.807, 2.05) is 24.3 Å². The number of aromatic hydroxyl groups is 1. The summed E-state index contributed by atoms with van der Waals surface area (Å²) in [6.45, 7) is 8.98. The molecule has 1 saturated heterocycles. The minimum absolute atomic E-state index is 0.104. The third-order valence-electron chi connectivity index (χ3n) is 5.32. The SMILES string of the molecule is CC1(C)CC(Oc2ccc(-c3ccc(-c4cn[nH]c4)cc3O)nn2)CC(C)(C)[NH2+]1. The zero-order valence-corrected chi connectivity index (χ0v) is 17.3. The van der Waals surface area contributed by atoms with E-state index in [0.717, 1.165) is 24.0 Å². The van der Waals surface area contributed by atoms with Crippen molar-refractivity contribution >= 4 is 0 Å². The fourth-order valence-corrected chi connectivity index (χ4v) is 4.54. The van der Waals surface area contributed by atoms with Crippen molar-refractivity contribution in [3.8, 4) is 34.0 Å². The molecule has 0 spiro atoms. The average molecular weight is 394 g/mol. The van der Waals surface area contributed by atoms with Crippen LogP contribution in [0.5, 0.6) is 11.6 Å². The molecular weight excluding hydrogens is 366 g/mol. The molecule has 0 bridgehead atoms. The number of benzene rings is 1. The molecule has 4 rings (SSSR count). The Bertz CT molecular complexity index is 965. The van der Waals surface area contributed by atoms with Gasteiger partial charge in [-0.1, -0.05) is 6.07 Å². The first-order chi connectivity index (χ1) is 13.7. The van der Waals surface area contributed by atoms with Gasteiger partial charge in [-0.3, -0.25) is 5.10 Å². The first-order valence-electron chi connectivity index (χ1n) is 9.91. The second-order valence-corrected chi connectivity index (χ2v) is 9.25. The van der Waals surface area contributed by atoms with Crippen LogP contribution < -0.4 is 10.1 Å². The lowest BCUT2D eigenvalue weighted by atomic mass is 9.81. The van der Waals surface area contributed by atoms with Gasteiger partial charge in [-0.15, -0.1) is 10.2 Å². The number of quaternary nitrogens is 1. The van der Waals surface area contributed by atoms with Gasteiger partial charge >= 0.3 is 0 Å². The third-order valence-corrected chi connectivity index (χ3v) is 5.32. The Balaban J connectivity index is 1.50. The second-order valence-electron chi connectivity index (χ2n) is 9.25. The van der Waals surface area contributed by atoms with Gasteiger partial charge in [0, 0.05) is 36.2 Å². The predicted molar refractivity (Wildman–Crippen MR) is 110 cm³/mol. The van der Waals surface area contributed by atoms with E-state index in [-0.39, 0.29) is 22.9 Å². The van der Waals surface area contributed by atoms with Crippen LogP contribution in [0.25, 0.3) is 22.4 Å². The highest BCUT2D eigenvalue weighted by Gasteiger charge is 2.42. The van der Waals surface area contributed by atoms with Crippen LogP contribution in [0.3, 0.4) is 0 Å². The minimum Gasteiger partial charge on any atom is -0.507 e. The number of aromatic amines is 1. The van der Waals surface area contributed by atoms with E-state index >= 15 is 0 Å². The van der Waals surface area contributed by atoms with E-state index in [9.17, 15) is 5.11 Å². The van der Waals surface area contributed by atoms with Gasteiger partial charge in [0.2, 0.25) is 5.88 Å². The number of piperidine rings is 1. The molecule has 0 amide bonds. The van der Waals surface area contributed by atoms with Crippen LogP contribution in [0.2, 0.25) is 0 Å². The molecule has 7 heteroatoms. The van der Waals surface area contributed by atoms with Crippen molar-refractivity contribution in [1.82, 2.24) is 20.4 Å². The lowest BCUT2D eigenvalue weighted by Gasteiger charge is -2.42. The molecule has 3 aromatic rings. The van der Waals surface area contributed by atoms with E-state index in [0.29, 0.717) is 17.1 Å². The Labute approximate surface area is 170 Å². The van der Waals surface area contributed by atoms with Crippen molar-refractivity contribution in [3.63, 3.8) is 0 Å². The molecule has 1 aromatic carbocycles. The van der Waals surface area contributed by atoms with Crippen molar-refractivity contribution in [1.29, 1.82) is 0 Å².